The van der Waals surface area contributed by atoms with Crippen molar-refractivity contribution in [1.82, 2.24) is 0 Å². The topological polar surface area (TPSA) is 17.1 Å². The fourth-order valence-electron chi connectivity index (χ4n) is 0.385. The third-order valence-corrected chi connectivity index (χ3v) is 0.667. The highest BCUT2D eigenvalue weighted by Gasteiger charge is 1.70. The largest absolute Gasteiger partial charge is 0.273 e. The lowest BCUT2D eigenvalue weighted by molar-refractivity contribution is 0.278. The molecule has 10 heavy (non-hydrogen) atoms. The standard InChI is InChI=1S/C6H6.CBr2O/c1-2-4-6-5-3-1;2-1(3)4/h1-6H;. The summed E-state index contributed by atoms with van der Waals surface area (Å²) in [5.74, 6) is 0. The van der Waals surface area contributed by atoms with E-state index in [1.54, 1.807) is 0 Å². The summed E-state index contributed by atoms with van der Waals surface area (Å²) in [5, 5.41) is 0. The summed E-state index contributed by atoms with van der Waals surface area (Å²) in [5.41, 5.74) is 0. The smallest absolute Gasteiger partial charge is 0.262 e. The van der Waals surface area contributed by atoms with Crippen LogP contribution >= 0.6 is 31.9 Å². The van der Waals surface area contributed by atoms with Crippen molar-refractivity contribution in [3.8, 4) is 0 Å². The second kappa shape index (κ2) is 6.96. The van der Waals surface area contributed by atoms with E-state index in [2.05, 4.69) is 31.9 Å². The molecular formula is C7H6Br2O. The summed E-state index contributed by atoms with van der Waals surface area (Å²) in [6.45, 7) is 0. The molecule has 0 amide bonds. The van der Waals surface area contributed by atoms with Gasteiger partial charge in [0.15, 0.2) is 0 Å². The van der Waals surface area contributed by atoms with Crippen LogP contribution in [0.2, 0.25) is 0 Å². The van der Waals surface area contributed by atoms with E-state index < -0.39 is 0 Å². The SMILES string of the molecule is O=C(Br)Br.c1ccccc1. The van der Waals surface area contributed by atoms with Gasteiger partial charge in [-0.25, -0.2) is 0 Å². The lowest BCUT2D eigenvalue weighted by Crippen LogP contribution is -1.47. The third kappa shape index (κ3) is 10.8. The fraction of sp³-hybridized carbons (Fsp3) is 0. The van der Waals surface area contributed by atoms with Crippen molar-refractivity contribution in [3.05, 3.63) is 36.4 Å². The molecule has 0 spiro atoms. The van der Waals surface area contributed by atoms with Crippen LogP contribution in [0, 0.1) is 0 Å². The normalized spacial score (nSPS) is 7.40. The quantitative estimate of drug-likeness (QED) is 0.656. The van der Waals surface area contributed by atoms with Gasteiger partial charge in [0.05, 0.1) is 0 Å². The molecule has 0 saturated heterocycles. The average molecular weight is 266 g/mol. The number of rotatable bonds is 0. The van der Waals surface area contributed by atoms with Crippen molar-refractivity contribution in [2.45, 2.75) is 0 Å². The Labute approximate surface area is 76.7 Å². The van der Waals surface area contributed by atoms with E-state index in [-0.39, 0.29) is 3.60 Å². The van der Waals surface area contributed by atoms with Crippen LogP contribution in [0.4, 0.5) is 4.79 Å². The van der Waals surface area contributed by atoms with Crippen LogP contribution in [0.5, 0.6) is 0 Å². The Balaban J connectivity index is 0.000000180. The number of hydrogen-bond donors (Lipinski definition) is 0. The van der Waals surface area contributed by atoms with Crippen LogP contribution in [0.1, 0.15) is 0 Å². The molecule has 1 rings (SSSR count). The molecule has 0 atom stereocenters. The van der Waals surface area contributed by atoms with Crippen molar-refractivity contribution in [2.24, 2.45) is 0 Å². The van der Waals surface area contributed by atoms with Gasteiger partial charge < -0.3 is 0 Å². The van der Waals surface area contributed by atoms with E-state index in [1.165, 1.54) is 0 Å². The number of carbonyl (C=O) groups is 1. The van der Waals surface area contributed by atoms with Crippen molar-refractivity contribution in [2.75, 3.05) is 0 Å². The van der Waals surface area contributed by atoms with Crippen LogP contribution < -0.4 is 0 Å². The molecule has 0 bridgehead atoms. The maximum Gasteiger partial charge on any atom is 0.262 e. The monoisotopic (exact) mass is 264 g/mol. The Morgan fingerprint density at radius 3 is 1.00 bits per heavy atom. The molecule has 0 aliphatic heterocycles. The molecule has 0 unspecified atom stereocenters. The van der Waals surface area contributed by atoms with Gasteiger partial charge >= 0.3 is 0 Å². The maximum absolute atomic E-state index is 9.28. The van der Waals surface area contributed by atoms with Crippen molar-refractivity contribution in [3.63, 3.8) is 0 Å². The van der Waals surface area contributed by atoms with Crippen molar-refractivity contribution >= 4 is 35.5 Å². The number of hydrogen-bond acceptors (Lipinski definition) is 1. The summed E-state index contributed by atoms with van der Waals surface area (Å²) < 4.78 is -0.208. The lowest BCUT2D eigenvalue weighted by Gasteiger charge is -1.69. The van der Waals surface area contributed by atoms with Gasteiger partial charge in [-0.15, -0.1) is 0 Å². The van der Waals surface area contributed by atoms with E-state index in [0.29, 0.717) is 0 Å². The maximum atomic E-state index is 9.28. The number of benzene rings is 1. The Kier molecular flexibility index (Phi) is 6.86. The second-order valence-electron chi connectivity index (χ2n) is 1.38. The van der Waals surface area contributed by atoms with Crippen LogP contribution in [-0.4, -0.2) is 3.60 Å². The lowest BCUT2D eigenvalue weighted by atomic mass is 10.4. The van der Waals surface area contributed by atoms with E-state index in [0.717, 1.165) is 0 Å². The minimum absolute atomic E-state index is 0.208. The van der Waals surface area contributed by atoms with Gasteiger partial charge in [0.2, 0.25) is 0 Å². The van der Waals surface area contributed by atoms with Gasteiger partial charge in [-0.05, 0) is 0 Å². The zero-order chi connectivity index (χ0) is 7.82. The first-order chi connectivity index (χ1) is 4.73. The highest BCUT2D eigenvalue weighted by atomic mass is 79.9. The van der Waals surface area contributed by atoms with E-state index in [9.17, 15) is 4.79 Å². The predicted octanol–water partition coefficient (Wildman–Crippen LogP) is 3.58. The first-order valence-corrected chi connectivity index (χ1v) is 4.17. The highest BCUT2D eigenvalue weighted by molar-refractivity contribution is 9.39. The molecular weight excluding hydrogens is 260 g/mol. The summed E-state index contributed by atoms with van der Waals surface area (Å²) in [6.07, 6.45) is 0. The van der Waals surface area contributed by atoms with E-state index in [1.807, 2.05) is 36.4 Å². The summed E-state index contributed by atoms with van der Waals surface area (Å²) in [6, 6.07) is 12.0. The molecule has 0 saturated carbocycles. The van der Waals surface area contributed by atoms with Gasteiger partial charge in [0, 0.05) is 31.9 Å². The highest BCUT2D eigenvalue weighted by Crippen LogP contribution is 1.93. The molecule has 0 fully saturated rings. The molecule has 0 aliphatic carbocycles. The Bertz CT molecular complexity index is 144. The first kappa shape index (κ1) is 9.85. The van der Waals surface area contributed by atoms with Gasteiger partial charge in [-0.3, -0.25) is 4.79 Å². The molecule has 0 radical (unpaired) electrons. The average Bonchev–Trinajstić information content (AvgIpc) is 1.90. The first-order valence-electron chi connectivity index (χ1n) is 2.58. The van der Waals surface area contributed by atoms with E-state index in [4.69, 9.17) is 0 Å². The summed E-state index contributed by atoms with van der Waals surface area (Å²) in [4.78, 5) is 9.28. The minimum Gasteiger partial charge on any atom is -0.273 e. The Morgan fingerprint density at radius 2 is 0.900 bits per heavy atom. The Morgan fingerprint density at radius 1 is 0.800 bits per heavy atom. The molecule has 54 valence electrons. The van der Waals surface area contributed by atoms with Crippen LogP contribution in [0.3, 0.4) is 0 Å². The molecule has 0 aromatic heterocycles. The van der Waals surface area contributed by atoms with E-state index >= 15 is 0 Å². The minimum atomic E-state index is -0.208. The van der Waals surface area contributed by atoms with Crippen molar-refractivity contribution in [1.29, 1.82) is 0 Å². The van der Waals surface area contributed by atoms with Gasteiger partial charge in [0.1, 0.15) is 0 Å². The second-order valence-corrected chi connectivity index (χ2v) is 3.89. The zero-order valence-corrected chi connectivity index (χ0v) is 8.30. The van der Waals surface area contributed by atoms with Crippen LogP contribution in [0.15, 0.2) is 36.4 Å². The molecule has 1 aromatic carbocycles. The summed E-state index contributed by atoms with van der Waals surface area (Å²) in [7, 11) is 0. The van der Waals surface area contributed by atoms with Crippen LogP contribution in [0.25, 0.3) is 0 Å². The zero-order valence-electron chi connectivity index (χ0n) is 5.13. The van der Waals surface area contributed by atoms with Gasteiger partial charge in [-0.2, -0.15) is 0 Å². The number of halogens is 2. The molecule has 0 heterocycles. The summed E-state index contributed by atoms with van der Waals surface area (Å²) >= 11 is 5.10. The van der Waals surface area contributed by atoms with Gasteiger partial charge in [0.25, 0.3) is 3.60 Å². The molecule has 1 nitrogen and oxygen atoms in total. The number of carbonyl (C=O) groups excluding carboxylic acids is 1. The fourth-order valence-corrected chi connectivity index (χ4v) is 0.385. The molecule has 1 aromatic rings. The molecule has 0 N–H and O–H groups in total. The van der Waals surface area contributed by atoms with Crippen molar-refractivity contribution < 1.29 is 4.79 Å². The van der Waals surface area contributed by atoms with Gasteiger partial charge in [-0.1, -0.05) is 36.4 Å². The predicted molar refractivity (Wildman–Crippen MR) is 49.7 cm³/mol. The molecule has 3 heteroatoms. The Hall–Kier alpha value is -0.150. The van der Waals surface area contributed by atoms with Crippen LogP contribution in [-0.2, 0) is 0 Å². The third-order valence-electron chi connectivity index (χ3n) is 0.667. The molecule has 0 aliphatic rings.